The fraction of sp³-hybridized carbons (Fsp3) is 0.571. The molecule has 0 atom stereocenters. The molecule has 0 amide bonds. The molecule has 0 bridgehead atoms. The Hall–Kier alpha value is -0.700. The summed E-state index contributed by atoms with van der Waals surface area (Å²) in [5.41, 5.74) is 8.10. The first kappa shape index (κ1) is 12.7. The van der Waals surface area contributed by atoms with Gasteiger partial charge in [-0.1, -0.05) is 19.8 Å². The summed E-state index contributed by atoms with van der Waals surface area (Å²) in [5, 5.41) is 0. The topological polar surface area (TPSA) is 35.2 Å². The molecular weight excluding hydrogens is 278 g/mol. The minimum Gasteiger partial charge on any atom is -0.494 e. The third-order valence-corrected chi connectivity index (χ3v) is 4.05. The molecule has 0 unspecified atom stereocenters. The molecule has 2 N–H and O–H groups in total. The van der Waals surface area contributed by atoms with Gasteiger partial charge in [0.05, 0.1) is 6.61 Å². The van der Waals surface area contributed by atoms with Crippen molar-refractivity contribution in [3.8, 4) is 5.75 Å². The van der Waals surface area contributed by atoms with E-state index in [0.717, 1.165) is 28.9 Å². The molecular formula is C14H20BrNO. The summed E-state index contributed by atoms with van der Waals surface area (Å²) in [6.07, 6.45) is 6.11. The smallest absolute Gasteiger partial charge is 0.121 e. The maximum Gasteiger partial charge on any atom is 0.121 e. The first-order chi connectivity index (χ1) is 8.22. The van der Waals surface area contributed by atoms with Crippen molar-refractivity contribution < 1.29 is 4.74 Å². The van der Waals surface area contributed by atoms with Crippen molar-refractivity contribution in [3.05, 3.63) is 22.2 Å². The van der Waals surface area contributed by atoms with E-state index in [1.807, 2.05) is 6.07 Å². The monoisotopic (exact) mass is 297 g/mol. The zero-order valence-corrected chi connectivity index (χ0v) is 11.9. The van der Waals surface area contributed by atoms with Crippen LogP contribution in [0, 0.1) is 0 Å². The van der Waals surface area contributed by atoms with Gasteiger partial charge in [-0.25, -0.2) is 0 Å². The standard InChI is InChI=1S/C14H20BrNO/c1-2-3-4-7-17-11-8-12(10-5-6-10)14(15)13(16)9-11/h8-10H,2-7,16H2,1H3. The van der Waals surface area contributed by atoms with E-state index in [9.17, 15) is 0 Å². The lowest BCUT2D eigenvalue weighted by molar-refractivity contribution is 0.306. The number of nitrogen functional groups attached to an aromatic ring is 1. The first-order valence-corrected chi connectivity index (χ1v) is 7.23. The zero-order valence-electron chi connectivity index (χ0n) is 10.3. The van der Waals surface area contributed by atoms with Crippen molar-refractivity contribution in [1.82, 2.24) is 0 Å². The van der Waals surface area contributed by atoms with Gasteiger partial charge in [-0.2, -0.15) is 0 Å². The van der Waals surface area contributed by atoms with Crippen LogP contribution in [0.15, 0.2) is 16.6 Å². The number of hydrogen-bond acceptors (Lipinski definition) is 2. The molecule has 1 aromatic rings. The fourth-order valence-electron chi connectivity index (χ4n) is 1.96. The second-order valence-electron chi connectivity index (χ2n) is 4.75. The third kappa shape index (κ3) is 3.38. The third-order valence-electron chi connectivity index (χ3n) is 3.14. The van der Waals surface area contributed by atoms with E-state index in [1.54, 1.807) is 0 Å². The number of rotatable bonds is 6. The van der Waals surface area contributed by atoms with Gasteiger partial charge in [0.1, 0.15) is 5.75 Å². The molecule has 0 aliphatic heterocycles. The fourth-order valence-corrected chi connectivity index (χ4v) is 2.51. The maximum atomic E-state index is 5.99. The molecule has 0 spiro atoms. The SMILES string of the molecule is CCCCCOc1cc(N)c(Br)c(C2CC2)c1. The minimum absolute atomic E-state index is 0.686. The zero-order chi connectivity index (χ0) is 12.3. The number of anilines is 1. The van der Waals surface area contributed by atoms with E-state index in [1.165, 1.54) is 31.2 Å². The van der Waals surface area contributed by atoms with E-state index in [4.69, 9.17) is 10.5 Å². The van der Waals surface area contributed by atoms with Crippen molar-refractivity contribution in [2.24, 2.45) is 0 Å². The van der Waals surface area contributed by atoms with Crippen LogP contribution >= 0.6 is 15.9 Å². The van der Waals surface area contributed by atoms with Crippen LogP contribution in [0.5, 0.6) is 5.75 Å². The van der Waals surface area contributed by atoms with Crippen LogP contribution in [0.1, 0.15) is 50.5 Å². The molecule has 0 heterocycles. The predicted molar refractivity (Wildman–Crippen MR) is 75.5 cm³/mol. The Bertz CT molecular complexity index is 388. The average molecular weight is 298 g/mol. The van der Waals surface area contributed by atoms with E-state index >= 15 is 0 Å². The molecule has 1 aliphatic rings. The lowest BCUT2D eigenvalue weighted by Crippen LogP contribution is -2.00. The molecule has 1 fully saturated rings. The molecule has 17 heavy (non-hydrogen) atoms. The second kappa shape index (κ2) is 5.76. The average Bonchev–Trinajstić information content (AvgIpc) is 3.13. The second-order valence-corrected chi connectivity index (χ2v) is 5.54. The molecule has 0 saturated heterocycles. The first-order valence-electron chi connectivity index (χ1n) is 6.44. The van der Waals surface area contributed by atoms with Crippen molar-refractivity contribution in [2.45, 2.75) is 44.9 Å². The quantitative estimate of drug-likeness (QED) is 0.621. The summed E-state index contributed by atoms with van der Waals surface area (Å²) in [7, 11) is 0. The van der Waals surface area contributed by atoms with E-state index in [-0.39, 0.29) is 0 Å². The Labute approximate surface area is 112 Å². The lowest BCUT2D eigenvalue weighted by atomic mass is 10.1. The van der Waals surface area contributed by atoms with E-state index < -0.39 is 0 Å². The van der Waals surface area contributed by atoms with Gasteiger partial charge < -0.3 is 10.5 Å². The number of ether oxygens (including phenoxy) is 1. The van der Waals surface area contributed by atoms with Gasteiger partial charge in [-0.15, -0.1) is 0 Å². The number of halogens is 1. The van der Waals surface area contributed by atoms with Crippen LogP contribution in [0.3, 0.4) is 0 Å². The van der Waals surface area contributed by atoms with Gasteiger partial charge in [-0.3, -0.25) is 0 Å². The van der Waals surface area contributed by atoms with Crippen LogP contribution < -0.4 is 10.5 Å². The van der Waals surface area contributed by atoms with Crippen LogP contribution in [0.2, 0.25) is 0 Å². The van der Waals surface area contributed by atoms with Crippen LogP contribution in [-0.4, -0.2) is 6.61 Å². The summed E-state index contributed by atoms with van der Waals surface area (Å²) in [6, 6.07) is 4.06. The molecule has 94 valence electrons. The predicted octanol–water partition coefficient (Wildman–Crippen LogP) is 4.48. The highest BCUT2D eigenvalue weighted by atomic mass is 79.9. The van der Waals surface area contributed by atoms with Gasteiger partial charge in [0, 0.05) is 16.2 Å². The summed E-state index contributed by atoms with van der Waals surface area (Å²) in [4.78, 5) is 0. The summed E-state index contributed by atoms with van der Waals surface area (Å²) >= 11 is 3.57. The highest BCUT2D eigenvalue weighted by Gasteiger charge is 2.27. The van der Waals surface area contributed by atoms with Crippen LogP contribution in [0.25, 0.3) is 0 Å². The summed E-state index contributed by atoms with van der Waals surface area (Å²) in [5.74, 6) is 1.61. The highest BCUT2D eigenvalue weighted by molar-refractivity contribution is 9.10. The van der Waals surface area contributed by atoms with Crippen molar-refractivity contribution in [2.75, 3.05) is 12.3 Å². The maximum absolute atomic E-state index is 5.99. The Morgan fingerprint density at radius 1 is 1.35 bits per heavy atom. The molecule has 1 aliphatic carbocycles. The lowest BCUT2D eigenvalue weighted by Gasteiger charge is -2.11. The molecule has 2 rings (SSSR count). The van der Waals surface area contributed by atoms with Crippen molar-refractivity contribution in [1.29, 1.82) is 0 Å². The van der Waals surface area contributed by atoms with Gasteiger partial charge in [0.25, 0.3) is 0 Å². The molecule has 2 nitrogen and oxygen atoms in total. The Morgan fingerprint density at radius 3 is 2.76 bits per heavy atom. The van der Waals surface area contributed by atoms with Gasteiger partial charge in [0.15, 0.2) is 0 Å². The molecule has 0 radical (unpaired) electrons. The molecule has 1 saturated carbocycles. The normalized spacial score (nSPS) is 14.9. The Balaban J connectivity index is 2.02. The number of nitrogens with two attached hydrogens (primary N) is 1. The van der Waals surface area contributed by atoms with Crippen LogP contribution in [-0.2, 0) is 0 Å². The Kier molecular flexibility index (Phi) is 4.32. The van der Waals surface area contributed by atoms with Gasteiger partial charge >= 0.3 is 0 Å². The highest BCUT2D eigenvalue weighted by Crippen LogP contribution is 2.46. The van der Waals surface area contributed by atoms with E-state index in [2.05, 4.69) is 28.9 Å². The molecule has 0 aromatic heterocycles. The number of hydrogen-bond donors (Lipinski definition) is 1. The van der Waals surface area contributed by atoms with Crippen molar-refractivity contribution in [3.63, 3.8) is 0 Å². The Morgan fingerprint density at radius 2 is 2.12 bits per heavy atom. The summed E-state index contributed by atoms with van der Waals surface area (Å²) < 4.78 is 6.82. The van der Waals surface area contributed by atoms with Gasteiger partial charge in [0.2, 0.25) is 0 Å². The molecule has 3 heteroatoms. The minimum atomic E-state index is 0.686. The van der Waals surface area contributed by atoms with Crippen molar-refractivity contribution >= 4 is 21.6 Å². The summed E-state index contributed by atoms with van der Waals surface area (Å²) in [6.45, 7) is 2.99. The van der Waals surface area contributed by atoms with Crippen LogP contribution in [0.4, 0.5) is 5.69 Å². The number of benzene rings is 1. The largest absolute Gasteiger partial charge is 0.494 e. The van der Waals surface area contributed by atoms with Gasteiger partial charge in [-0.05, 0) is 52.7 Å². The molecule has 1 aromatic carbocycles. The van der Waals surface area contributed by atoms with E-state index in [0.29, 0.717) is 5.92 Å². The number of unbranched alkanes of at least 4 members (excludes halogenated alkanes) is 2.